The molecule has 0 spiro atoms. The van der Waals surface area contributed by atoms with Crippen LogP contribution in [0.4, 0.5) is 4.79 Å². The molecule has 3 N–H and O–H groups in total. The van der Waals surface area contributed by atoms with Crippen molar-refractivity contribution in [3.8, 4) is 0 Å². The fourth-order valence-electron chi connectivity index (χ4n) is 2.82. The molecule has 1 aliphatic carbocycles. The van der Waals surface area contributed by atoms with Gasteiger partial charge in [-0.05, 0) is 32.1 Å². The quantitative estimate of drug-likeness (QED) is 0.714. The number of carbonyl (C=O) groups is 2. The summed E-state index contributed by atoms with van der Waals surface area (Å²) in [7, 11) is 0. The number of aliphatic carboxylic acids is 1. The van der Waals surface area contributed by atoms with Gasteiger partial charge in [-0.1, -0.05) is 6.42 Å². The predicted molar refractivity (Wildman–Crippen MR) is 68.9 cm³/mol. The second kappa shape index (κ2) is 6.75. The molecule has 19 heavy (non-hydrogen) atoms. The minimum atomic E-state index is -0.821. The molecular formula is C13H22N2O4. The summed E-state index contributed by atoms with van der Waals surface area (Å²) in [5.74, 6) is -1.27. The fourth-order valence-corrected chi connectivity index (χ4v) is 2.82. The number of amides is 2. The third-order valence-electron chi connectivity index (χ3n) is 3.91. The molecule has 1 saturated carbocycles. The molecular weight excluding hydrogens is 248 g/mol. The van der Waals surface area contributed by atoms with E-state index in [0.29, 0.717) is 13.0 Å². The van der Waals surface area contributed by atoms with Gasteiger partial charge in [-0.3, -0.25) is 4.79 Å². The van der Waals surface area contributed by atoms with Crippen molar-refractivity contribution in [3.05, 3.63) is 0 Å². The number of urea groups is 1. The summed E-state index contributed by atoms with van der Waals surface area (Å²) in [6, 6.07) is -0.530. The molecule has 2 fully saturated rings. The van der Waals surface area contributed by atoms with Crippen LogP contribution < -0.4 is 10.6 Å². The van der Waals surface area contributed by atoms with Gasteiger partial charge in [-0.15, -0.1) is 0 Å². The van der Waals surface area contributed by atoms with Crippen LogP contribution in [0.3, 0.4) is 0 Å². The van der Waals surface area contributed by atoms with E-state index in [9.17, 15) is 9.59 Å². The van der Waals surface area contributed by atoms with Crippen molar-refractivity contribution in [1.29, 1.82) is 0 Å². The Morgan fingerprint density at radius 3 is 2.68 bits per heavy atom. The lowest BCUT2D eigenvalue weighted by molar-refractivity contribution is -0.142. The van der Waals surface area contributed by atoms with Gasteiger partial charge in [0.1, 0.15) is 0 Å². The predicted octanol–water partition coefficient (Wildman–Crippen LogP) is 1.11. The third-order valence-corrected chi connectivity index (χ3v) is 3.91. The topological polar surface area (TPSA) is 87.7 Å². The second-order valence-corrected chi connectivity index (χ2v) is 5.33. The van der Waals surface area contributed by atoms with Gasteiger partial charge in [0.25, 0.3) is 0 Å². The minimum absolute atomic E-state index is 0.0957. The molecule has 2 aliphatic rings. The van der Waals surface area contributed by atoms with Gasteiger partial charge in [0, 0.05) is 19.2 Å². The summed E-state index contributed by atoms with van der Waals surface area (Å²) < 4.78 is 5.52. The number of hydrogen-bond acceptors (Lipinski definition) is 3. The summed E-state index contributed by atoms with van der Waals surface area (Å²) in [5.41, 5.74) is 0. The molecule has 3 atom stereocenters. The fraction of sp³-hybridized carbons (Fsp3) is 0.846. The highest BCUT2D eigenvalue weighted by Gasteiger charge is 2.33. The summed E-state index contributed by atoms with van der Waals surface area (Å²) in [5, 5.41) is 14.6. The number of hydrogen-bond donors (Lipinski definition) is 3. The van der Waals surface area contributed by atoms with Crippen molar-refractivity contribution >= 4 is 12.0 Å². The highest BCUT2D eigenvalue weighted by atomic mass is 16.5. The highest BCUT2D eigenvalue weighted by Crippen LogP contribution is 2.25. The number of carbonyl (C=O) groups excluding carboxylic acids is 1. The van der Waals surface area contributed by atoms with E-state index in [1.165, 1.54) is 0 Å². The van der Waals surface area contributed by atoms with Gasteiger partial charge in [0.2, 0.25) is 0 Å². The van der Waals surface area contributed by atoms with Crippen LogP contribution in [0.15, 0.2) is 0 Å². The molecule has 2 rings (SSSR count). The van der Waals surface area contributed by atoms with Crippen molar-refractivity contribution in [3.63, 3.8) is 0 Å². The van der Waals surface area contributed by atoms with Crippen LogP contribution in [0, 0.1) is 5.92 Å². The maximum Gasteiger partial charge on any atom is 0.315 e. The molecule has 108 valence electrons. The number of carboxylic acid groups (broad SMARTS) is 1. The SMILES string of the molecule is O=C(NCC1CCCCO1)NC1CCCC1C(=O)O. The number of nitrogens with one attached hydrogen (secondary N) is 2. The molecule has 0 radical (unpaired) electrons. The zero-order valence-electron chi connectivity index (χ0n) is 11.1. The van der Waals surface area contributed by atoms with Crippen LogP contribution in [0.25, 0.3) is 0 Å². The lowest BCUT2D eigenvalue weighted by atomic mass is 10.0. The molecule has 1 saturated heterocycles. The number of ether oxygens (including phenoxy) is 1. The Balaban J connectivity index is 1.70. The first kappa shape index (κ1) is 14.1. The Labute approximate surface area is 112 Å². The van der Waals surface area contributed by atoms with Gasteiger partial charge >= 0.3 is 12.0 Å². The molecule has 6 heteroatoms. The van der Waals surface area contributed by atoms with E-state index in [4.69, 9.17) is 9.84 Å². The first-order valence-corrected chi connectivity index (χ1v) is 7.05. The molecule has 0 aromatic heterocycles. The molecule has 0 aromatic carbocycles. The van der Waals surface area contributed by atoms with E-state index in [2.05, 4.69) is 10.6 Å². The average Bonchev–Trinajstić information content (AvgIpc) is 2.86. The Morgan fingerprint density at radius 1 is 1.16 bits per heavy atom. The van der Waals surface area contributed by atoms with E-state index >= 15 is 0 Å². The average molecular weight is 270 g/mol. The maximum atomic E-state index is 11.7. The molecule has 0 bridgehead atoms. The number of rotatable bonds is 4. The first-order chi connectivity index (χ1) is 9.16. The minimum Gasteiger partial charge on any atom is -0.481 e. The lowest BCUT2D eigenvalue weighted by Crippen LogP contribution is -2.47. The Bertz CT molecular complexity index is 329. The van der Waals surface area contributed by atoms with E-state index in [0.717, 1.165) is 38.7 Å². The number of carboxylic acids is 1. The van der Waals surface area contributed by atoms with Gasteiger partial charge < -0.3 is 20.5 Å². The molecule has 2 amide bonds. The van der Waals surface area contributed by atoms with E-state index in [1.807, 2.05) is 0 Å². The zero-order valence-corrected chi connectivity index (χ0v) is 11.1. The largest absolute Gasteiger partial charge is 0.481 e. The van der Waals surface area contributed by atoms with Crippen LogP contribution in [0.2, 0.25) is 0 Å². The summed E-state index contributed by atoms with van der Waals surface area (Å²) in [6.45, 7) is 1.26. The normalized spacial score (nSPS) is 30.8. The third kappa shape index (κ3) is 4.09. The van der Waals surface area contributed by atoms with Crippen molar-refractivity contribution < 1.29 is 19.4 Å². The van der Waals surface area contributed by atoms with E-state index in [1.54, 1.807) is 0 Å². The van der Waals surface area contributed by atoms with Crippen LogP contribution in [0.1, 0.15) is 38.5 Å². The lowest BCUT2D eigenvalue weighted by Gasteiger charge is -2.24. The monoisotopic (exact) mass is 270 g/mol. The summed E-state index contributed by atoms with van der Waals surface area (Å²) in [4.78, 5) is 22.7. The maximum absolute atomic E-state index is 11.7. The van der Waals surface area contributed by atoms with Gasteiger partial charge in [0.05, 0.1) is 12.0 Å². The van der Waals surface area contributed by atoms with Gasteiger partial charge in [0.15, 0.2) is 0 Å². The van der Waals surface area contributed by atoms with Gasteiger partial charge in [-0.25, -0.2) is 4.79 Å². The Morgan fingerprint density at radius 2 is 2.00 bits per heavy atom. The van der Waals surface area contributed by atoms with Crippen LogP contribution in [-0.4, -0.2) is 42.4 Å². The first-order valence-electron chi connectivity index (χ1n) is 7.05. The van der Waals surface area contributed by atoms with Crippen molar-refractivity contribution in [2.45, 2.75) is 50.7 Å². The van der Waals surface area contributed by atoms with Crippen molar-refractivity contribution in [2.75, 3.05) is 13.2 Å². The molecule has 1 heterocycles. The molecule has 0 aromatic rings. The van der Waals surface area contributed by atoms with Gasteiger partial charge in [-0.2, -0.15) is 0 Å². The molecule has 6 nitrogen and oxygen atoms in total. The summed E-state index contributed by atoms with van der Waals surface area (Å²) >= 11 is 0. The zero-order chi connectivity index (χ0) is 13.7. The van der Waals surface area contributed by atoms with Crippen molar-refractivity contribution in [2.24, 2.45) is 5.92 Å². The Hall–Kier alpha value is -1.30. The standard InChI is InChI=1S/C13H22N2O4/c16-12(17)10-5-3-6-11(10)15-13(18)14-8-9-4-1-2-7-19-9/h9-11H,1-8H2,(H,16,17)(H2,14,15,18). The highest BCUT2D eigenvalue weighted by molar-refractivity contribution is 5.77. The second-order valence-electron chi connectivity index (χ2n) is 5.33. The van der Waals surface area contributed by atoms with Crippen molar-refractivity contribution in [1.82, 2.24) is 10.6 Å². The Kier molecular flexibility index (Phi) is 5.01. The van der Waals surface area contributed by atoms with Crippen LogP contribution >= 0.6 is 0 Å². The molecule has 1 aliphatic heterocycles. The molecule has 3 unspecified atom stereocenters. The smallest absolute Gasteiger partial charge is 0.315 e. The van der Waals surface area contributed by atoms with E-state index < -0.39 is 11.9 Å². The van der Waals surface area contributed by atoms with Crippen LogP contribution in [0.5, 0.6) is 0 Å². The van der Waals surface area contributed by atoms with Crippen LogP contribution in [-0.2, 0) is 9.53 Å². The summed E-state index contributed by atoms with van der Waals surface area (Å²) in [6.07, 6.45) is 5.53. The van der Waals surface area contributed by atoms with E-state index in [-0.39, 0.29) is 18.2 Å².